The molecule has 2 N–H and O–H groups in total. The van der Waals surface area contributed by atoms with Crippen LogP contribution in [0.5, 0.6) is 0 Å². The van der Waals surface area contributed by atoms with Gasteiger partial charge in [-0.1, -0.05) is 23.7 Å². The predicted octanol–water partition coefficient (Wildman–Crippen LogP) is 2.71. The topological polar surface area (TPSA) is 145 Å². The molecule has 3 heterocycles. The maximum absolute atomic E-state index is 12.8. The fraction of sp³-hybridized carbons (Fsp3) is 0.150. The number of halogens is 1. The molecule has 2 aromatic heterocycles. The number of esters is 1. The van der Waals surface area contributed by atoms with Crippen molar-refractivity contribution in [3.63, 3.8) is 0 Å². The van der Waals surface area contributed by atoms with E-state index in [1.54, 1.807) is 36.4 Å². The molecule has 0 bridgehead atoms. The summed E-state index contributed by atoms with van der Waals surface area (Å²) < 4.78 is 37.8. The van der Waals surface area contributed by atoms with Gasteiger partial charge in [-0.05, 0) is 42.0 Å². The number of benzene rings is 1. The molecule has 1 aliphatic rings. The van der Waals surface area contributed by atoms with Gasteiger partial charge in [-0.25, -0.2) is 23.4 Å². The zero-order chi connectivity index (χ0) is 22.9. The molecule has 0 spiro atoms. The Balaban J connectivity index is 1.50. The minimum absolute atomic E-state index is 0.380. The summed E-state index contributed by atoms with van der Waals surface area (Å²) in [5, 5.41) is 10.5. The summed E-state index contributed by atoms with van der Waals surface area (Å²) in [6.45, 7) is -0.654. The largest absolute Gasteiger partial charge is 0.467 e. The van der Waals surface area contributed by atoms with Gasteiger partial charge in [0.25, 0.3) is 15.9 Å². The van der Waals surface area contributed by atoms with E-state index < -0.39 is 45.4 Å². The summed E-state index contributed by atoms with van der Waals surface area (Å²) >= 11 is 5.94. The van der Waals surface area contributed by atoms with E-state index in [1.807, 2.05) is 0 Å². The molecule has 1 atom stereocenters. The molecule has 1 aliphatic heterocycles. The number of hydrazone groups is 1. The third-order valence-corrected chi connectivity index (χ3v) is 5.64. The fourth-order valence-corrected chi connectivity index (χ4v) is 3.70. The van der Waals surface area contributed by atoms with Crippen molar-refractivity contribution in [2.24, 2.45) is 10.2 Å². The highest BCUT2D eigenvalue weighted by atomic mass is 35.5. The number of ether oxygens (including phenoxy) is 1. The van der Waals surface area contributed by atoms with E-state index >= 15 is 0 Å². The molecule has 0 fully saturated rings. The minimum Gasteiger partial charge on any atom is -0.467 e. The van der Waals surface area contributed by atoms with Gasteiger partial charge in [0.15, 0.2) is 6.61 Å². The molecule has 0 saturated heterocycles. The monoisotopic (exact) mass is 477 g/mol. The number of furan rings is 2. The summed E-state index contributed by atoms with van der Waals surface area (Å²) in [7, 11) is -4.11. The molecule has 0 aliphatic carbocycles. The number of nitrogens with two attached hydrogens (primary N) is 1. The average molecular weight is 478 g/mol. The quantitative estimate of drug-likeness (QED) is 0.537. The number of amides is 1. The lowest BCUT2D eigenvalue weighted by molar-refractivity contribution is -0.136. The molecule has 1 amide bonds. The molecule has 32 heavy (non-hydrogen) atoms. The number of rotatable bonds is 6. The van der Waals surface area contributed by atoms with Crippen LogP contribution in [0.15, 0.2) is 73.8 Å². The second-order valence-electron chi connectivity index (χ2n) is 6.77. The minimum atomic E-state index is -4.11. The first kappa shape index (κ1) is 21.8. The van der Waals surface area contributed by atoms with E-state index in [-0.39, 0.29) is 0 Å². The lowest BCUT2D eigenvalue weighted by Crippen LogP contribution is -2.31. The lowest BCUT2D eigenvalue weighted by atomic mass is 10.0. The van der Waals surface area contributed by atoms with Crippen molar-refractivity contribution in [2.45, 2.75) is 17.6 Å². The smallest absolute Gasteiger partial charge is 0.374 e. The third-order valence-electron chi connectivity index (χ3n) is 4.60. The molecule has 166 valence electrons. The van der Waals surface area contributed by atoms with E-state index in [0.29, 0.717) is 22.9 Å². The maximum atomic E-state index is 12.8. The third kappa shape index (κ3) is 4.59. The molecule has 0 saturated carbocycles. The molecule has 1 aromatic carbocycles. The molecule has 1 unspecified atom stereocenters. The van der Waals surface area contributed by atoms with Crippen molar-refractivity contribution < 1.29 is 31.6 Å². The van der Waals surface area contributed by atoms with E-state index in [1.165, 1.54) is 11.3 Å². The first-order chi connectivity index (χ1) is 15.2. The highest BCUT2D eigenvalue weighted by molar-refractivity contribution is 7.89. The summed E-state index contributed by atoms with van der Waals surface area (Å²) in [5.41, 5.74) is 1.41. The Labute approximate surface area is 187 Å². The van der Waals surface area contributed by atoms with Crippen molar-refractivity contribution in [3.05, 3.63) is 76.9 Å². The van der Waals surface area contributed by atoms with Gasteiger partial charge < -0.3 is 13.6 Å². The first-order valence-corrected chi connectivity index (χ1v) is 11.1. The van der Waals surface area contributed by atoms with Gasteiger partial charge in [0, 0.05) is 11.4 Å². The van der Waals surface area contributed by atoms with Gasteiger partial charge in [0.05, 0.1) is 12.0 Å². The number of nitrogens with zero attached hydrogens (tertiary/aromatic N) is 2. The van der Waals surface area contributed by atoms with Crippen LogP contribution in [0.3, 0.4) is 0 Å². The molecule has 12 heteroatoms. The van der Waals surface area contributed by atoms with Gasteiger partial charge >= 0.3 is 5.97 Å². The second kappa shape index (κ2) is 8.61. The van der Waals surface area contributed by atoms with Crippen LogP contribution in [0.2, 0.25) is 5.02 Å². The van der Waals surface area contributed by atoms with Crippen LogP contribution >= 0.6 is 11.6 Å². The number of hydrogen-bond donors (Lipinski definition) is 1. The Morgan fingerprint density at radius 2 is 1.94 bits per heavy atom. The molecular weight excluding hydrogens is 462 g/mol. The maximum Gasteiger partial charge on any atom is 0.374 e. The predicted molar refractivity (Wildman–Crippen MR) is 111 cm³/mol. The van der Waals surface area contributed by atoms with Gasteiger partial charge in [-0.3, -0.25) is 4.79 Å². The van der Waals surface area contributed by atoms with Crippen molar-refractivity contribution in [3.8, 4) is 0 Å². The van der Waals surface area contributed by atoms with Gasteiger partial charge in [0.1, 0.15) is 11.8 Å². The summed E-state index contributed by atoms with van der Waals surface area (Å²) in [6.07, 6.45) is 1.86. The van der Waals surface area contributed by atoms with E-state index in [9.17, 15) is 18.0 Å². The van der Waals surface area contributed by atoms with Crippen LogP contribution in [0.4, 0.5) is 0 Å². The second-order valence-corrected chi connectivity index (χ2v) is 8.70. The Kier molecular flexibility index (Phi) is 5.87. The SMILES string of the molecule is NS(=O)(=O)c1ccc(C(=O)OCC(=O)N2N=C(c3ccc(Cl)cc3)CC2c2ccco2)o1. The molecule has 3 aromatic rings. The van der Waals surface area contributed by atoms with Crippen molar-refractivity contribution >= 4 is 39.2 Å². The lowest BCUT2D eigenvalue weighted by Gasteiger charge is -2.19. The Hall–Kier alpha value is -3.41. The summed E-state index contributed by atoms with van der Waals surface area (Å²) in [5.74, 6) is -1.52. The van der Waals surface area contributed by atoms with Crippen LogP contribution in [0, 0.1) is 0 Å². The Morgan fingerprint density at radius 1 is 1.19 bits per heavy atom. The zero-order valence-electron chi connectivity index (χ0n) is 16.3. The Bertz CT molecular complexity index is 1280. The van der Waals surface area contributed by atoms with Crippen LogP contribution in [-0.2, 0) is 19.6 Å². The van der Waals surface area contributed by atoms with Gasteiger partial charge in [-0.15, -0.1) is 0 Å². The highest BCUT2D eigenvalue weighted by Crippen LogP contribution is 2.33. The number of carbonyl (C=O) groups excluding carboxylic acids is 2. The van der Waals surface area contributed by atoms with Crippen LogP contribution in [-0.4, -0.2) is 37.6 Å². The van der Waals surface area contributed by atoms with Crippen LogP contribution in [0.1, 0.15) is 34.3 Å². The highest BCUT2D eigenvalue weighted by Gasteiger charge is 2.35. The first-order valence-electron chi connectivity index (χ1n) is 9.21. The van der Waals surface area contributed by atoms with E-state index in [4.69, 9.17) is 30.3 Å². The van der Waals surface area contributed by atoms with Gasteiger partial charge in [-0.2, -0.15) is 5.10 Å². The average Bonchev–Trinajstić information content (AvgIpc) is 3.51. The number of carbonyl (C=O) groups is 2. The summed E-state index contributed by atoms with van der Waals surface area (Å²) in [4.78, 5) is 25.0. The molecule has 4 rings (SSSR count). The fourth-order valence-electron chi connectivity index (χ4n) is 3.11. The molecular formula is C20H16ClN3O7S. The zero-order valence-corrected chi connectivity index (χ0v) is 17.9. The normalized spacial score (nSPS) is 16.1. The summed E-state index contributed by atoms with van der Waals surface area (Å²) in [6, 6.07) is 12.0. The number of sulfonamides is 1. The molecule has 0 radical (unpaired) electrons. The van der Waals surface area contributed by atoms with Crippen molar-refractivity contribution in [2.75, 3.05) is 6.61 Å². The van der Waals surface area contributed by atoms with E-state index in [2.05, 4.69) is 5.10 Å². The standard InChI is InChI=1S/C20H16ClN3O7S/c21-13-5-3-12(4-6-13)14-10-15(16-2-1-9-29-16)24(23-14)18(25)11-30-20(26)17-7-8-19(31-17)32(22,27)28/h1-9,15H,10-11H2,(H2,22,27,28). The number of primary sulfonamides is 1. The van der Waals surface area contributed by atoms with Crippen LogP contribution < -0.4 is 5.14 Å². The number of hydrogen-bond acceptors (Lipinski definition) is 8. The van der Waals surface area contributed by atoms with Crippen molar-refractivity contribution in [1.82, 2.24) is 5.01 Å². The molecule has 10 nitrogen and oxygen atoms in total. The Morgan fingerprint density at radius 3 is 2.56 bits per heavy atom. The van der Waals surface area contributed by atoms with Crippen molar-refractivity contribution in [1.29, 1.82) is 0 Å². The van der Waals surface area contributed by atoms with E-state index in [0.717, 1.165) is 17.7 Å². The van der Waals surface area contributed by atoms with Crippen LogP contribution in [0.25, 0.3) is 0 Å². The van der Waals surface area contributed by atoms with Gasteiger partial charge in [0.2, 0.25) is 10.9 Å².